The molecule has 0 bridgehead atoms. The van der Waals surface area contributed by atoms with Crippen molar-refractivity contribution < 1.29 is 19.1 Å². The SMILES string of the molecule is CCCCCCCCCCCCCCCCCC(=O)Nc1ccc(C(=O)C(Oc2ccccc2)C(=O)Nc2ccccc2Cl)cc1. The lowest BCUT2D eigenvalue weighted by atomic mass is 10.0. The van der Waals surface area contributed by atoms with Crippen molar-refractivity contribution in [2.24, 2.45) is 0 Å². The van der Waals surface area contributed by atoms with E-state index in [9.17, 15) is 14.4 Å². The zero-order chi connectivity index (χ0) is 32.8. The number of hydrogen-bond acceptors (Lipinski definition) is 4. The third-order valence-electron chi connectivity index (χ3n) is 8.07. The van der Waals surface area contributed by atoms with E-state index in [2.05, 4.69) is 17.6 Å². The van der Waals surface area contributed by atoms with Crippen LogP contribution >= 0.6 is 11.6 Å². The second-order valence-corrected chi connectivity index (χ2v) is 12.4. The van der Waals surface area contributed by atoms with Gasteiger partial charge < -0.3 is 15.4 Å². The summed E-state index contributed by atoms with van der Waals surface area (Å²) >= 11 is 6.21. The number of carbonyl (C=O) groups is 3. The number of nitrogens with one attached hydrogen (secondary N) is 2. The summed E-state index contributed by atoms with van der Waals surface area (Å²) in [5.41, 5.74) is 1.27. The average Bonchev–Trinajstić information content (AvgIpc) is 3.07. The molecule has 0 aromatic heterocycles. The third kappa shape index (κ3) is 14.2. The van der Waals surface area contributed by atoms with Crippen molar-refractivity contribution in [2.75, 3.05) is 10.6 Å². The van der Waals surface area contributed by atoms with E-state index < -0.39 is 17.8 Å². The first-order valence-corrected chi connectivity index (χ1v) is 17.6. The van der Waals surface area contributed by atoms with Crippen molar-refractivity contribution in [3.05, 3.63) is 89.4 Å². The van der Waals surface area contributed by atoms with Crippen LogP contribution in [-0.2, 0) is 9.59 Å². The van der Waals surface area contributed by atoms with Gasteiger partial charge >= 0.3 is 0 Å². The summed E-state index contributed by atoms with van der Waals surface area (Å²) in [5.74, 6) is -0.803. The monoisotopic (exact) mass is 646 g/mol. The van der Waals surface area contributed by atoms with Gasteiger partial charge in [-0.05, 0) is 55.0 Å². The number of amides is 2. The molecule has 3 rings (SSSR count). The molecule has 7 heteroatoms. The lowest BCUT2D eigenvalue weighted by Crippen LogP contribution is -2.40. The van der Waals surface area contributed by atoms with E-state index in [1.807, 2.05) is 6.07 Å². The fourth-order valence-electron chi connectivity index (χ4n) is 5.37. The minimum atomic E-state index is -1.44. The lowest BCUT2D eigenvalue weighted by Gasteiger charge is -2.18. The standard InChI is InChI=1S/C39H51ClN2O4/c1-2-3-4-5-6-7-8-9-10-11-12-13-14-15-19-26-36(43)41-32-29-27-31(28-30-32)37(44)38(46-33-22-17-16-18-23-33)39(45)42-35-25-21-20-24-34(35)40/h16-18,20-25,27-30,38H,2-15,19,26H2,1H3,(H,41,43)(H,42,45). The van der Waals surface area contributed by atoms with Gasteiger partial charge in [0.15, 0.2) is 0 Å². The number of anilines is 2. The molecule has 2 amide bonds. The van der Waals surface area contributed by atoms with Gasteiger partial charge in [0.2, 0.25) is 17.8 Å². The molecule has 46 heavy (non-hydrogen) atoms. The average molecular weight is 647 g/mol. The molecule has 0 saturated heterocycles. The summed E-state index contributed by atoms with van der Waals surface area (Å²) in [6.07, 6.45) is 18.3. The van der Waals surface area contributed by atoms with E-state index in [1.165, 1.54) is 77.0 Å². The number of rotatable bonds is 23. The van der Waals surface area contributed by atoms with Crippen LogP contribution in [0, 0.1) is 0 Å². The van der Waals surface area contributed by atoms with E-state index in [0.29, 0.717) is 28.6 Å². The number of hydrogen-bond donors (Lipinski definition) is 2. The summed E-state index contributed by atoms with van der Waals surface area (Å²) < 4.78 is 5.84. The van der Waals surface area contributed by atoms with Crippen LogP contribution < -0.4 is 15.4 Å². The van der Waals surface area contributed by atoms with Gasteiger partial charge in [0, 0.05) is 17.7 Å². The van der Waals surface area contributed by atoms with Crippen LogP contribution in [0.1, 0.15) is 120 Å². The molecule has 0 aliphatic rings. The first-order valence-electron chi connectivity index (χ1n) is 17.2. The minimum absolute atomic E-state index is 0.0434. The van der Waals surface area contributed by atoms with E-state index in [1.54, 1.807) is 72.8 Å². The van der Waals surface area contributed by atoms with Gasteiger partial charge in [-0.25, -0.2) is 0 Å². The maximum Gasteiger partial charge on any atom is 0.273 e. The summed E-state index contributed by atoms with van der Waals surface area (Å²) in [6.45, 7) is 2.26. The first kappa shape index (κ1) is 36.8. The molecule has 1 unspecified atom stereocenters. The highest BCUT2D eigenvalue weighted by molar-refractivity contribution is 6.34. The minimum Gasteiger partial charge on any atom is -0.472 e. The van der Waals surface area contributed by atoms with Gasteiger partial charge in [-0.2, -0.15) is 0 Å². The van der Waals surface area contributed by atoms with E-state index in [0.717, 1.165) is 19.3 Å². The molecular weight excluding hydrogens is 596 g/mol. The number of para-hydroxylation sites is 2. The van der Waals surface area contributed by atoms with Crippen molar-refractivity contribution in [3.63, 3.8) is 0 Å². The number of unbranched alkanes of at least 4 members (excludes halogenated alkanes) is 14. The van der Waals surface area contributed by atoms with Crippen LogP contribution in [-0.4, -0.2) is 23.7 Å². The van der Waals surface area contributed by atoms with Gasteiger partial charge in [-0.15, -0.1) is 0 Å². The Hall–Kier alpha value is -3.64. The molecule has 0 aliphatic heterocycles. The fourth-order valence-corrected chi connectivity index (χ4v) is 5.55. The number of ketones is 1. The quantitative estimate of drug-likeness (QED) is 0.0610. The van der Waals surface area contributed by atoms with Crippen LogP contribution in [0.2, 0.25) is 5.02 Å². The van der Waals surface area contributed by atoms with Crippen LogP contribution in [0.5, 0.6) is 5.75 Å². The van der Waals surface area contributed by atoms with Gasteiger partial charge in [0.25, 0.3) is 5.91 Å². The molecule has 6 nitrogen and oxygen atoms in total. The largest absolute Gasteiger partial charge is 0.472 e. The third-order valence-corrected chi connectivity index (χ3v) is 8.40. The Bertz CT molecular complexity index is 1310. The molecule has 2 N–H and O–H groups in total. The molecule has 0 heterocycles. The zero-order valence-electron chi connectivity index (χ0n) is 27.4. The van der Waals surface area contributed by atoms with Gasteiger partial charge in [-0.1, -0.05) is 139 Å². The molecule has 3 aromatic carbocycles. The van der Waals surface area contributed by atoms with Gasteiger partial charge in [0.1, 0.15) is 5.75 Å². The van der Waals surface area contributed by atoms with Crippen molar-refractivity contribution in [3.8, 4) is 5.75 Å². The number of halogens is 1. The molecular formula is C39H51ClN2O4. The second-order valence-electron chi connectivity index (χ2n) is 12.0. The van der Waals surface area contributed by atoms with Crippen molar-refractivity contribution in [1.82, 2.24) is 0 Å². The van der Waals surface area contributed by atoms with Crippen LogP contribution in [0.15, 0.2) is 78.9 Å². The van der Waals surface area contributed by atoms with Gasteiger partial charge in [-0.3, -0.25) is 14.4 Å². The molecule has 0 aliphatic carbocycles. The predicted molar refractivity (Wildman–Crippen MR) is 190 cm³/mol. The van der Waals surface area contributed by atoms with Gasteiger partial charge in [0.05, 0.1) is 10.7 Å². The molecule has 0 spiro atoms. The number of benzene rings is 3. The molecule has 248 valence electrons. The Labute approximate surface area is 280 Å². The number of carbonyl (C=O) groups excluding carboxylic acids is 3. The smallest absolute Gasteiger partial charge is 0.273 e. The fraction of sp³-hybridized carbons (Fsp3) is 0.462. The van der Waals surface area contributed by atoms with Crippen molar-refractivity contribution in [1.29, 1.82) is 0 Å². The molecule has 1 atom stereocenters. The highest BCUT2D eigenvalue weighted by Gasteiger charge is 2.30. The van der Waals surface area contributed by atoms with E-state index >= 15 is 0 Å². The summed E-state index contributed by atoms with van der Waals surface area (Å²) in [5, 5.41) is 5.96. The zero-order valence-corrected chi connectivity index (χ0v) is 28.2. The topological polar surface area (TPSA) is 84.5 Å². The molecule has 0 saturated carbocycles. The Morgan fingerprint density at radius 1 is 0.630 bits per heavy atom. The maximum absolute atomic E-state index is 13.5. The van der Waals surface area contributed by atoms with Crippen molar-refractivity contribution >= 4 is 40.6 Å². The Morgan fingerprint density at radius 3 is 1.72 bits per heavy atom. The second kappa shape index (κ2) is 22.0. The molecule has 0 radical (unpaired) electrons. The Kier molecular flexibility index (Phi) is 17.6. The highest BCUT2D eigenvalue weighted by Crippen LogP contribution is 2.23. The summed E-state index contributed by atoms with van der Waals surface area (Å²) in [7, 11) is 0. The number of Topliss-reactive ketones (excluding diaryl/α,β-unsaturated/α-hetero) is 1. The van der Waals surface area contributed by atoms with Crippen LogP contribution in [0.25, 0.3) is 0 Å². The summed E-state index contributed by atoms with van der Waals surface area (Å²) in [6, 6.07) is 22.0. The molecule has 3 aromatic rings. The normalized spacial score (nSPS) is 11.5. The van der Waals surface area contributed by atoms with E-state index in [4.69, 9.17) is 16.3 Å². The predicted octanol–water partition coefficient (Wildman–Crippen LogP) is 10.8. The Morgan fingerprint density at radius 2 is 1.15 bits per heavy atom. The highest BCUT2D eigenvalue weighted by atomic mass is 35.5. The van der Waals surface area contributed by atoms with Crippen LogP contribution in [0.3, 0.4) is 0 Å². The number of ether oxygens (including phenoxy) is 1. The lowest BCUT2D eigenvalue weighted by molar-refractivity contribution is -0.121. The Balaban J connectivity index is 1.37. The summed E-state index contributed by atoms with van der Waals surface area (Å²) in [4.78, 5) is 39.2. The van der Waals surface area contributed by atoms with Crippen LogP contribution in [0.4, 0.5) is 11.4 Å². The maximum atomic E-state index is 13.5. The first-order chi connectivity index (χ1) is 22.5. The van der Waals surface area contributed by atoms with E-state index in [-0.39, 0.29) is 11.5 Å². The molecule has 0 fully saturated rings. The van der Waals surface area contributed by atoms with Crippen molar-refractivity contribution in [2.45, 2.75) is 116 Å².